The lowest BCUT2D eigenvalue weighted by molar-refractivity contribution is -0.122. The summed E-state index contributed by atoms with van der Waals surface area (Å²) in [5.41, 5.74) is 0.653. The van der Waals surface area contributed by atoms with Gasteiger partial charge in [0.2, 0.25) is 5.91 Å². The van der Waals surface area contributed by atoms with Crippen LogP contribution in [-0.4, -0.2) is 33.6 Å². The summed E-state index contributed by atoms with van der Waals surface area (Å²) in [6, 6.07) is 6.74. The van der Waals surface area contributed by atoms with Gasteiger partial charge in [0, 0.05) is 29.4 Å². The highest BCUT2D eigenvalue weighted by atomic mass is 19.3. The molecular weight excluding hydrogens is 409 g/mol. The Balaban J connectivity index is 1.67. The summed E-state index contributed by atoms with van der Waals surface area (Å²) >= 11 is 0. The van der Waals surface area contributed by atoms with E-state index in [9.17, 15) is 23.1 Å². The molecule has 2 atom stereocenters. The van der Waals surface area contributed by atoms with E-state index in [1.54, 1.807) is 25.3 Å². The third-order valence-electron chi connectivity index (χ3n) is 5.42. The first-order valence-electron chi connectivity index (χ1n) is 9.91. The highest BCUT2D eigenvalue weighted by molar-refractivity contribution is 5.98. The summed E-state index contributed by atoms with van der Waals surface area (Å²) in [7, 11) is 0. The molecule has 0 saturated carbocycles. The lowest BCUT2D eigenvalue weighted by Gasteiger charge is -2.28. The molecule has 9 heteroatoms. The minimum Gasteiger partial charge on any atom is -0.393 e. The Kier molecular flexibility index (Phi) is 5.77. The summed E-state index contributed by atoms with van der Waals surface area (Å²) in [6.07, 6.45) is 0.0462. The van der Waals surface area contributed by atoms with Gasteiger partial charge in [-0.3, -0.25) is 14.7 Å². The number of halogens is 3. The quantitative estimate of drug-likeness (QED) is 0.629. The van der Waals surface area contributed by atoms with Crippen LogP contribution in [0.1, 0.15) is 43.4 Å². The maximum atomic E-state index is 14.6. The number of carbonyl (C=O) groups excluding carboxylic acids is 1. The van der Waals surface area contributed by atoms with Crippen molar-refractivity contribution < 1.29 is 23.1 Å². The zero-order valence-corrected chi connectivity index (χ0v) is 16.7. The highest BCUT2D eigenvalue weighted by Crippen LogP contribution is 2.32. The maximum absolute atomic E-state index is 14.6. The Hall–Kier alpha value is -3.20. The standard InChI is InChI=1S/C22H21F3N4O2/c1-12(14-3-2-4-15(21(14)23)22(24)25)28-17-5-7-26-18-11-27-19(10-16(17)18)29-8-6-13(30)9-20(29)31/h2-5,7,10-13,22,30H,6,8-9H2,1H3,(H,26,28)/t12-,13?/m1/s1. The molecule has 31 heavy (non-hydrogen) atoms. The fourth-order valence-corrected chi connectivity index (χ4v) is 3.75. The molecule has 3 aromatic rings. The second kappa shape index (κ2) is 8.50. The molecule has 1 aromatic carbocycles. The van der Waals surface area contributed by atoms with Gasteiger partial charge in [0.05, 0.1) is 35.8 Å². The normalized spacial score (nSPS) is 17.9. The average Bonchev–Trinajstić information content (AvgIpc) is 2.73. The van der Waals surface area contributed by atoms with Gasteiger partial charge in [-0.1, -0.05) is 18.2 Å². The first-order chi connectivity index (χ1) is 14.8. The summed E-state index contributed by atoms with van der Waals surface area (Å²) in [4.78, 5) is 22.4. The molecular formula is C22H21F3N4O2. The molecule has 2 aromatic heterocycles. The second-order valence-corrected chi connectivity index (χ2v) is 7.53. The maximum Gasteiger partial charge on any atom is 0.266 e. The number of anilines is 2. The molecule has 1 amide bonds. The third kappa shape index (κ3) is 4.18. The van der Waals surface area contributed by atoms with Crippen LogP contribution in [0.25, 0.3) is 10.9 Å². The van der Waals surface area contributed by atoms with Crippen LogP contribution in [-0.2, 0) is 4.79 Å². The van der Waals surface area contributed by atoms with Crippen molar-refractivity contribution in [3.8, 4) is 0 Å². The van der Waals surface area contributed by atoms with Gasteiger partial charge in [-0.25, -0.2) is 18.2 Å². The number of nitrogens with one attached hydrogen (secondary N) is 1. The fourth-order valence-electron chi connectivity index (χ4n) is 3.75. The van der Waals surface area contributed by atoms with Crippen molar-refractivity contribution in [1.29, 1.82) is 0 Å². The van der Waals surface area contributed by atoms with E-state index in [1.165, 1.54) is 23.2 Å². The number of pyridine rings is 2. The summed E-state index contributed by atoms with van der Waals surface area (Å²) in [6.45, 7) is 2.03. The van der Waals surface area contributed by atoms with E-state index < -0.39 is 30.0 Å². The molecule has 0 spiro atoms. The van der Waals surface area contributed by atoms with Crippen LogP contribution in [0.15, 0.2) is 42.7 Å². The predicted molar refractivity (Wildman–Crippen MR) is 111 cm³/mol. The highest BCUT2D eigenvalue weighted by Gasteiger charge is 2.26. The number of aliphatic hydroxyl groups is 1. The number of fused-ring (bicyclic) bond motifs is 1. The smallest absolute Gasteiger partial charge is 0.266 e. The molecule has 0 aliphatic carbocycles. The fraction of sp³-hybridized carbons (Fsp3) is 0.318. The van der Waals surface area contributed by atoms with Gasteiger partial charge in [0.1, 0.15) is 11.6 Å². The third-order valence-corrected chi connectivity index (χ3v) is 5.42. The molecule has 1 fully saturated rings. The molecule has 1 unspecified atom stereocenters. The van der Waals surface area contributed by atoms with Crippen molar-refractivity contribution in [1.82, 2.24) is 9.97 Å². The molecule has 1 saturated heterocycles. The van der Waals surface area contributed by atoms with E-state index >= 15 is 0 Å². The lowest BCUT2D eigenvalue weighted by atomic mass is 10.0. The van der Waals surface area contributed by atoms with Gasteiger partial charge in [0.15, 0.2) is 0 Å². The molecule has 0 radical (unpaired) electrons. The van der Waals surface area contributed by atoms with Crippen LogP contribution in [0.4, 0.5) is 24.7 Å². The Morgan fingerprint density at radius 1 is 1.23 bits per heavy atom. The number of aliphatic hydroxyl groups excluding tert-OH is 1. The van der Waals surface area contributed by atoms with E-state index in [-0.39, 0.29) is 17.9 Å². The van der Waals surface area contributed by atoms with E-state index in [2.05, 4.69) is 15.3 Å². The Labute approximate surface area is 176 Å². The minimum atomic E-state index is -2.90. The minimum absolute atomic E-state index is 0.0364. The van der Waals surface area contributed by atoms with Gasteiger partial charge < -0.3 is 10.4 Å². The Morgan fingerprint density at radius 3 is 2.74 bits per heavy atom. The van der Waals surface area contributed by atoms with E-state index in [1.807, 2.05) is 0 Å². The number of hydrogen-bond acceptors (Lipinski definition) is 5. The zero-order chi connectivity index (χ0) is 22.1. The van der Waals surface area contributed by atoms with Crippen LogP contribution in [0.5, 0.6) is 0 Å². The SMILES string of the molecule is C[C@@H](Nc1ccnc2cnc(N3CCC(O)CC3=O)cc12)c1cccc(C(F)F)c1F. The molecule has 4 rings (SSSR count). The van der Waals surface area contributed by atoms with Crippen LogP contribution in [0.2, 0.25) is 0 Å². The van der Waals surface area contributed by atoms with Crippen LogP contribution in [0, 0.1) is 5.82 Å². The number of rotatable bonds is 5. The summed E-state index contributed by atoms with van der Waals surface area (Å²) in [5.74, 6) is -0.724. The lowest BCUT2D eigenvalue weighted by Crippen LogP contribution is -2.41. The van der Waals surface area contributed by atoms with Crippen molar-refractivity contribution >= 4 is 28.3 Å². The van der Waals surface area contributed by atoms with Crippen LogP contribution in [0.3, 0.4) is 0 Å². The number of carbonyl (C=O) groups is 1. The first-order valence-corrected chi connectivity index (χ1v) is 9.91. The van der Waals surface area contributed by atoms with E-state index in [0.29, 0.717) is 35.4 Å². The van der Waals surface area contributed by atoms with Crippen LogP contribution < -0.4 is 10.2 Å². The Bertz CT molecular complexity index is 1130. The first kappa shape index (κ1) is 21.0. The number of piperidine rings is 1. The van der Waals surface area contributed by atoms with Gasteiger partial charge in [-0.2, -0.15) is 0 Å². The molecule has 3 heterocycles. The largest absolute Gasteiger partial charge is 0.393 e. The Morgan fingerprint density at radius 2 is 2.00 bits per heavy atom. The van der Waals surface area contributed by atoms with Crippen LogP contribution >= 0.6 is 0 Å². The van der Waals surface area contributed by atoms with Gasteiger partial charge >= 0.3 is 0 Å². The summed E-state index contributed by atoms with van der Waals surface area (Å²) < 4.78 is 40.7. The van der Waals surface area contributed by atoms with Crippen molar-refractivity contribution in [2.45, 2.75) is 38.3 Å². The molecule has 6 nitrogen and oxygen atoms in total. The van der Waals surface area contributed by atoms with Crippen molar-refractivity contribution in [3.63, 3.8) is 0 Å². The van der Waals surface area contributed by atoms with Crippen molar-refractivity contribution in [2.75, 3.05) is 16.8 Å². The number of aromatic nitrogens is 2. The average molecular weight is 430 g/mol. The number of amides is 1. The number of benzene rings is 1. The van der Waals surface area contributed by atoms with Gasteiger partial charge in [-0.05, 0) is 25.5 Å². The number of hydrogen-bond donors (Lipinski definition) is 2. The zero-order valence-electron chi connectivity index (χ0n) is 16.7. The van der Waals surface area contributed by atoms with E-state index in [0.717, 1.165) is 6.07 Å². The number of nitrogens with zero attached hydrogens (tertiary/aromatic N) is 3. The van der Waals surface area contributed by atoms with Gasteiger partial charge in [0.25, 0.3) is 6.43 Å². The monoisotopic (exact) mass is 430 g/mol. The topological polar surface area (TPSA) is 78.3 Å². The van der Waals surface area contributed by atoms with Crippen molar-refractivity contribution in [2.24, 2.45) is 0 Å². The molecule has 2 N–H and O–H groups in total. The second-order valence-electron chi connectivity index (χ2n) is 7.53. The van der Waals surface area contributed by atoms with Crippen molar-refractivity contribution in [3.05, 3.63) is 59.7 Å². The molecule has 1 aliphatic heterocycles. The van der Waals surface area contributed by atoms with E-state index in [4.69, 9.17) is 0 Å². The molecule has 162 valence electrons. The molecule has 1 aliphatic rings. The predicted octanol–water partition coefficient (Wildman–Crippen LogP) is 4.37. The summed E-state index contributed by atoms with van der Waals surface area (Å²) in [5, 5.41) is 13.5. The van der Waals surface area contributed by atoms with Gasteiger partial charge in [-0.15, -0.1) is 0 Å². The number of alkyl halides is 2. The molecule has 0 bridgehead atoms.